The van der Waals surface area contributed by atoms with Gasteiger partial charge in [0.2, 0.25) is 0 Å². The van der Waals surface area contributed by atoms with Crippen molar-refractivity contribution in [1.29, 1.82) is 0 Å². The molecule has 128 valence electrons. The summed E-state index contributed by atoms with van der Waals surface area (Å²) in [6.45, 7) is 3.35. The fraction of sp³-hybridized carbons (Fsp3) is 0.474. The first-order valence-electron chi connectivity index (χ1n) is 8.69. The van der Waals surface area contributed by atoms with Crippen molar-refractivity contribution in [2.45, 2.75) is 51.7 Å². The van der Waals surface area contributed by atoms with Crippen LogP contribution in [0, 0.1) is 0 Å². The molecule has 1 saturated carbocycles. The fourth-order valence-corrected chi connectivity index (χ4v) is 3.40. The molecule has 1 fully saturated rings. The second-order valence-corrected chi connectivity index (χ2v) is 6.24. The first-order valence-corrected chi connectivity index (χ1v) is 8.69. The largest absolute Gasteiger partial charge is 0.496 e. The third-order valence-corrected chi connectivity index (χ3v) is 4.74. The monoisotopic (exact) mass is 327 g/mol. The minimum absolute atomic E-state index is 0.0139. The summed E-state index contributed by atoms with van der Waals surface area (Å²) in [5.74, 6) is 0.840. The number of hydrogen-bond acceptors (Lipinski definition) is 3. The number of amides is 1. The van der Waals surface area contributed by atoms with Crippen LogP contribution in [-0.4, -0.2) is 33.7 Å². The summed E-state index contributed by atoms with van der Waals surface area (Å²) in [7, 11) is 1.67. The van der Waals surface area contributed by atoms with Gasteiger partial charge in [0, 0.05) is 30.9 Å². The SMILES string of the molecule is CCn1ccc(C(=O)N(Cc2ccccc2OC)C2CCCC2)n1. The number of benzene rings is 1. The van der Waals surface area contributed by atoms with Crippen LogP contribution in [0.25, 0.3) is 0 Å². The van der Waals surface area contributed by atoms with Crippen LogP contribution in [0.3, 0.4) is 0 Å². The normalized spacial score (nSPS) is 14.8. The molecule has 1 heterocycles. The molecule has 24 heavy (non-hydrogen) atoms. The third-order valence-electron chi connectivity index (χ3n) is 4.74. The van der Waals surface area contributed by atoms with Gasteiger partial charge in [0.1, 0.15) is 11.4 Å². The van der Waals surface area contributed by atoms with Crippen LogP contribution < -0.4 is 4.74 Å². The molecule has 0 aliphatic heterocycles. The Morgan fingerprint density at radius 2 is 2.04 bits per heavy atom. The van der Waals surface area contributed by atoms with Crippen molar-refractivity contribution in [3.8, 4) is 5.75 Å². The van der Waals surface area contributed by atoms with E-state index in [1.807, 2.05) is 48.4 Å². The van der Waals surface area contributed by atoms with E-state index in [-0.39, 0.29) is 11.9 Å². The third kappa shape index (κ3) is 3.45. The van der Waals surface area contributed by atoms with Gasteiger partial charge in [-0.3, -0.25) is 9.48 Å². The number of aryl methyl sites for hydroxylation is 1. The topological polar surface area (TPSA) is 47.4 Å². The van der Waals surface area contributed by atoms with E-state index >= 15 is 0 Å². The Labute approximate surface area is 143 Å². The highest BCUT2D eigenvalue weighted by Gasteiger charge is 2.29. The molecule has 0 unspecified atom stereocenters. The lowest BCUT2D eigenvalue weighted by atomic mass is 10.1. The van der Waals surface area contributed by atoms with Crippen LogP contribution in [0.5, 0.6) is 5.75 Å². The average molecular weight is 327 g/mol. The quantitative estimate of drug-likeness (QED) is 0.816. The molecule has 0 atom stereocenters. The summed E-state index contributed by atoms with van der Waals surface area (Å²) in [4.78, 5) is 15.1. The molecule has 0 spiro atoms. The van der Waals surface area contributed by atoms with Crippen LogP contribution in [0.4, 0.5) is 0 Å². The van der Waals surface area contributed by atoms with Gasteiger partial charge in [-0.15, -0.1) is 0 Å². The van der Waals surface area contributed by atoms with Gasteiger partial charge in [-0.25, -0.2) is 0 Å². The molecule has 0 saturated heterocycles. The summed E-state index contributed by atoms with van der Waals surface area (Å²) in [5, 5.41) is 4.40. The van der Waals surface area contributed by atoms with E-state index in [4.69, 9.17) is 4.74 Å². The summed E-state index contributed by atoms with van der Waals surface area (Å²) < 4.78 is 7.25. The molecule has 1 aliphatic rings. The summed E-state index contributed by atoms with van der Waals surface area (Å²) in [6, 6.07) is 10.0. The van der Waals surface area contributed by atoms with E-state index < -0.39 is 0 Å². The van der Waals surface area contributed by atoms with E-state index in [1.54, 1.807) is 11.8 Å². The van der Waals surface area contributed by atoms with Crippen molar-refractivity contribution in [2.75, 3.05) is 7.11 Å². The van der Waals surface area contributed by atoms with E-state index in [0.717, 1.165) is 30.7 Å². The molecule has 1 aromatic carbocycles. The van der Waals surface area contributed by atoms with Gasteiger partial charge in [-0.05, 0) is 31.9 Å². The van der Waals surface area contributed by atoms with Crippen LogP contribution >= 0.6 is 0 Å². The van der Waals surface area contributed by atoms with Gasteiger partial charge in [0.05, 0.1) is 7.11 Å². The number of carbonyl (C=O) groups excluding carboxylic acids is 1. The Morgan fingerprint density at radius 3 is 2.71 bits per heavy atom. The highest BCUT2D eigenvalue weighted by atomic mass is 16.5. The van der Waals surface area contributed by atoms with Gasteiger partial charge in [0.15, 0.2) is 0 Å². The molecular formula is C19H25N3O2. The molecule has 5 nitrogen and oxygen atoms in total. The van der Waals surface area contributed by atoms with E-state index in [0.29, 0.717) is 12.2 Å². The van der Waals surface area contributed by atoms with Crippen molar-refractivity contribution in [3.05, 3.63) is 47.8 Å². The van der Waals surface area contributed by atoms with Crippen molar-refractivity contribution < 1.29 is 9.53 Å². The number of methoxy groups -OCH3 is 1. The summed E-state index contributed by atoms with van der Waals surface area (Å²) >= 11 is 0. The average Bonchev–Trinajstić information content (AvgIpc) is 3.30. The van der Waals surface area contributed by atoms with Crippen LogP contribution in [0.15, 0.2) is 36.5 Å². The number of ether oxygens (including phenoxy) is 1. The number of aromatic nitrogens is 2. The fourth-order valence-electron chi connectivity index (χ4n) is 3.40. The van der Waals surface area contributed by atoms with Gasteiger partial charge >= 0.3 is 0 Å². The highest BCUT2D eigenvalue weighted by molar-refractivity contribution is 5.92. The molecule has 1 aliphatic carbocycles. The van der Waals surface area contributed by atoms with Crippen LogP contribution in [-0.2, 0) is 13.1 Å². The Morgan fingerprint density at radius 1 is 1.29 bits per heavy atom. The maximum atomic E-state index is 13.1. The molecule has 5 heteroatoms. The van der Waals surface area contributed by atoms with E-state index in [9.17, 15) is 4.79 Å². The Balaban J connectivity index is 1.87. The van der Waals surface area contributed by atoms with Crippen LogP contribution in [0.1, 0.15) is 48.7 Å². The second kappa shape index (κ2) is 7.51. The van der Waals surface area contributed by atoms with Gasteiger partial charge in [-0.2, -0.15) is 5.10 Å². The molecule has 0 N–H and O–H groups in total. The lowest BCUT2D eigenvalue weighted by Gasteiger charge is -2.29. The number of para-hydroxylation sites is 1. The Kier molecular flexibility index (Phi) is 5.18. The molecule has 2 aromatic rings. The lowest BCUT2D eigenvalue weighted by Crippen LogP contribution is -2.38. The minimum Gasteiger partial charge on any atom is -0.496 e. The van der Waals surface area contributed by atoms with Gasteiger partial charge < -0.3 is 9.64 Å². The van der Waals surface area contributed by atoms with Gasteiger partial charge in [0.25, 0.3) is 5.91 Å². The summed E-state index contributed by atoms with van der Waals surface area (Å²) in [6.07, 6.45) is 6.36. The number of rotatable bonds is 6. The maximum Gasteiger partial charge on any atom is 0.274 e. The summed E-state index contributed by atoms with van der Waals surface area (Å²) in [5.41, 5.74) is 1.56. The van der Waals surface area contributed by atoms with E-state index in [2.05, 4.69) is 5.10 Å². The molecule has 0 bridgehead atoms. The zero-order chi connectivity index (χ0) is 16.9. The van der Waals surface area contributed by atoms with Crippen LogP contribution in [0.2, 0.25) is 0 Å². The van der Waals surface area contributed by atoms with Crippen molar-refractivity contribution in [1.82, 2.24) is 14.7 Å². The number of carbonyl (C=O) groups is 1. The molecule has 0 radical (unpaired) electrons. The van der Waals surface area contributed by atoms with Crippen molar-refractivity contribution in [3.63, 3.8) is 0 Å². The van der Waals surface area contributed by atoms with E-state index in [1.165, 1.54) is 12.8 Å². The minimum atomic E-state index is 0.0139. The molecule has 1 amide bonds. The zero-order valence-corrected chi connectivity index (χ0v) is 14.4. The highest BCUT2D eigenvalue weighted by Crippen LogP contribution is 2.28. The Hall–Kier alpha value is -2.30. The Bertz CT molecular complexity index is 689. The smallest absolute Gasteiger partial charge is 0.274 e. The maximum absolute atomic E-state index is 13.1. The van der Waals surface area contributed by atoms with Gasteiger partial charge in [-0.1, -0.05) is 31.0 Å². The standard InChI is InChI=1S/C19H25N3O2/c1-3-21-13-12-17(20-21)19(23)22(16-9-5-6-10-16)14-15-8-4-7-11-18(15)24-2/h4,7-8,11-13,16H,3,5-6,9-10,14H2,1-2H3. The lowest BCUT2D eigenvalue weighted by molar-refractivity contribution is 0.0656. The second-order valence-electron chi connectivity index (χ2n) is 6.24. The predicted molar refractivity (Wildman–Crippen MR) is 93.0 cm³/mol. The van der Waals surface area contributed by atoms with Crippen molar-refractivity contribution in [2.24, 2.45) is 0 Å². The number of hydrogen-bond donors (Lipinski definition) is 0. The van der Waals surface area contributed by atoms with Crippen molar-refractivity contribution >= 4 is 5.91 Å². The first-order chi connectivity index (χ1) is 11.7. The predicted octanol–water partition coefficient (Wildman–Crippen LogP) is 3.50. The molecular weight excluding hydrogens is 302 g/mol. The molecule has 3 rings (SSSR count). The first kappa shape index (κ1) is 16.6. The molecule has 1 aromatic heterocycles. The zero-order valence-electron chi connectivity index (χ0n) is 14.4. The number of nitrogens with zero attached hydrogens (tertiary/aromatic N) is 3.